The Morgan fingerprint density at radius 1 is 1.10 bits per heavy atom. The predicted octanol–water partition coefficient (Wildman–Crippen LogP) is 1.18. The van der Waals surface area contributed by atoms with Crippen LogP contribution in [0.25, 0.3) is 11.3 Å². The van der Waals surface area contributed by atoms with Gasteiger partial charge in [0.15, 0.2) is 17.5 Å². The smallest absolute Gasteiger partial charge is 0.219 e. The van der Waals surface area contributed by atoms with Crippen LogP contribution in [0.5, 0.6) is 0 Å². The molecular weight excluding hydrogens is 523 g/mol. The second kappa shape index (κ2) is 11.2. The molecule has 14 heteroatoms. The zero-order chi connectivity index (χ0) is 27.8. The van der Waals surface area contributed by atoms with Crippen molar-refractivity contribution >= 4 is 11.6 Å². The highest BCUT2D eigenvalue weighted by molar-refractivity contribution is 5.88. The van der Waals surface area contributed by atoms with Gasteiger partial charge in [0, 0.05) is 44.3 Å². The van der Waals surface area contributed by atoms with Crippen molar-refractivity contribution in [1.29, 1.82) is 0 Å². The van der Waals surface area contributed by atoms with E-state index >= 15 is 0 Å². The van der Waals surface area contributed by atoms with Crippen molar-refractivity contribution in [2.24, 2.45) is 11.1 Å². The minimum atomic E-state index is -1.61. The maximum absolute atomic E-state index is 13.7. The summed E-state index contributed by atoms with van der Waals surface area (Å²) >= 11 is 0. The van der Waals surface area contributed by atoms with Crippen molar-refractivity contribution in [1.82, 2.24) is 19.9 Å². The molecule has 0 radical (unpaired) electrons. The van der Waals surface area contributed by atoms with Crippen molar-refractivity contribution in [2.75, 3.05) is 19.7 Å². The van der Waals surface area contributed by atoms with Gasteiger partial charge in [0.25, 0.3) is 0 Å². The molecule has 0 aliphatic carbocycles. The first-order chi connectivity index (χ1) is 18.7. The molecule has 0 bridgehead atoms. The van der Waals surface area contributed by atoms with Crippen molar-refractivity contribution in [2.45, 2.75) is 69.2 Å². The van der Waals surface area contributed by atoms with Crippen LogP contribution in [0.15, 0.2) is 23.5 Å². The molecule has 2 saturated heterocycles. The fourth-order valence-corrected chi connectivity index (χ4v) is 5.55. The Labute approximate surface area is 221 Å². The van der Waals surface area contributed by atoms with Gasteiger partial charge in [-0.25, -0.2) is 17.9 Å². The molecule has 11 nitrogen and oxygen atoms in total. The summed E-state index contributed by atoms with van der Waals surface area (Å²) in [6, 6.07) is 0.416. The normalized spacial score (nSPS) is 29.8. The number of carbonyl (C=O) groups is 1. The average molecular weight is 554 g/mol. The van der Waals surface area contributed by atoms with Gasteiger partial charge in [0.05, 0.1) is 24.6 Å². The monoisotopic (exact) mass is 553 g/mol. The van der Waals surface area contributed by atoms with Crippen molar-refractivity contribution in [3.63, 3.8) is 0 Å². The number of rotatable bonds is 6. The van der Waals surface area contributed by atoms with E-state index in [4.69, 9.17) is 9.57 Å². The number of benzene rings is 1. The van der Waals surface area contributed by atoms with Crippen LogP contribution < -0.4 is 0 Å². The summed E-state index contributed by atoms with van der Waals surface area (Å²) in [5, 5.41) is 43.8. The van der Waals surface area contributed by atoms with Gasteiger partial charge in [-0.05, 0) is 25.0 Å². The van der Waals surface area contributed by atoms with E-state index in [1.807, 2.05) is 0 Å². The topological polar surface area (TPSA) is 143 Å². The van der Waals surface area contributed by atoms with Gasteiger partial charge in [0.1, 0.15) is 36.2 Å². The zero-order valence-electron chi connectivity index (χ0n) is 21.2. The van der Waals surface area contributed by atoms with Crippen molar-refractivity contribution in [3.8, 4) is 11.3 Å². The van der Waals surface area contributed by atoms with Crippen LogP contribution in [0.2, 0.25) is 0 Å². The number of oxime groups is 1. The second-order valence-electron chi connectivity index (χ2n) is 10.2. The maximum Gasteiger partial charge on any atom is 0.219 e. The fraction of sp³-hybridized carbons (Fsp3) is 0.600. The number of aromatic nitrogens is 3. The second-order valence-corrected chi connectivity index (χ2v) is 10.2. The lowest BCUT2D eigenvalue weighted by atomic mass is 9.86. The van der Waals surface area contributed by atoms with Crippen molar-refractivity contribution < 1.29 is 42.9 Å². The van der Waals surface area contributed by atoms with Crippen LogP contribution in [0, 0.1) is 23.4 Å². The molecule has 1 amide bonds. The Hall–Kier alpha value is -3.07. The molecule has 3 aliphatic rings. The molecule has 3 aliphatic heterocycles. The predicted molar refractivity (Wildman–Crippen MR) is 129 cm³/mol. The highest BCUT2D eigenvalue weighted by atomic mass is 19.2. The number of aliphatic hydroxyl groups is 3. The van der Waals surface area contributed by atoms with E-state index < -0.39 is 60.6 Å². The number of hydrogen-bond donors (Lipinski definition) is 3. The minimum Gasteiger partial charge on any atom is -0.394 e. The summed E-state index contributed by atoms with van der Waals surface area (Å²) in [6.07, 6.45) is -1.48. The van der Waals surface area contributed by atoms with E-state index in [9.17, 15) is 33.3 Å². The van der Waals surface area contributed by atoms with E-state index in [0.29, 0.717) is 19.5 Å². The first-order valence-electron chi connectivity index (χ1n) is 12.8. The van der Waals surface area contributed by atoms with Crippen LogP contribution in [0.4, 0.5) is 13.2 Å². The quantitative estimate of drug-likeness (QED) is 0.453. The molecule has 4 heterocycles. The van der Waals surface area contributed by atoms with E-state index in [2.05, 4.69) is 15.5 Å². The third-order valence-electron chi connectivity index (χ3n) is 7.75. The SMILES string of the molecule is CC(=O)N1CCC(C2=NO[C@H](C[C@H]3O[C@H](CO)[C@H](O)[C@H](n4cc(-c5cc(F)c(F)c(F)c5)nn4)[C@H]3O)C2)CC1. The molecule has 5 rings (SSSR count). The van der Waals surface area contributed by atoms with Gasteiger partial charge in [-0.15, -0.1) is 5.10 Å². The Bertz CT molecular complexity index is 1210. The highest BCUT2D eigenvalue weighted by Gasteiger charge is 2.47. The van der Waals surface area contributed by atoms with E-state index in [0.717, 1.165) is 35.4 Å². The number of piperidine rings is 1. The molecule has 0 spiro atoms. The number of ether oxygens (including phenoxy) is 1. The lowest BCUT2D eigenvalue weighted by Crippen LogP contribution is -2.56. The lowest BCUT2D eigenvalue weighted by molar-refractivity contribution is -0.212. The van der Waals surface area contributed by atoms with Crippen LogP contribution in [-0.4, -0.2) is 97.0 Å². The summed E-state index contributed by atoms with van der Waals surface area (Å²) in [5.74, 6) is -4.16. The van der Waals surface area contributed by atoms with Crippen LogP contribution in [0.1, 0.15) is 38.6 Å². The summed E-state index contributed by atoms with van der Waals surface area (Å²) < 4.78 is 47.7. The summed E-state index contributed by atoms with van der Waals surface area (Å²) in [5.41, 5.74) is 0.800. The number of aliphatic hydroxyl groups excluding tert-OH is 3. The molecule has 3 N–H and O–H groups in total. The van der Waals surface area contributed by atoms with Gasteiger partial charge >= 0.3 is 0 Å². The third kappa shape index (κ3) is 5.51. The Morgan fingerprint density at radius 3 is 2.41 bits per heavy atom. The first kappa shape index (κ1) is 27.5. The molecule has 2 aromatic rings. The van der Waals surface area contributed by atoms with Crippen LogP contribution in [0.3, 0.4) is 0 Å². The van der Waals surface area contributed by atoms with E-state index in [1.54, 1.807) is 11.8 Å². The highest BCUT2D eigenvalue weighted by Crippen LogP contribution is 2.35. The lowest BCUT2D eigenvalue weighted by Gasteiger charge is -2.42. The number of halogens is 3. The van der Waals surface area contributed by atoms with Gasteiger partial charge < -0.3 is 29.8 Å². The molecule has 1 aromatic carbocycles. The Kier molecular flexibility index (Phi) is 7.89. The number of amides is 1. The number of nitrogens with zero attached hydrogens (tertiary/aromatic N) is 5. The first-order valence-corrected chi connectivity index (χ1v) is 12.8. The number of carbonyl (C=O) groups excluding carboxylic acids is 1. The Balaban J connectivity index is 1.27. The average Bonchev–Trinajstić information content (AvgIpc) is 3.59. The standard InChI is InChI=1S/C25H30F3N5O6/c1-12(35)32-4-2-13(3-5-32)18-8-15(39-30-18)9-20-24(36)23(25(37)21(11-34)38-20)33-10-19(29-31-33)14-6-16(26)22(28)17(27)7-14/h6-7,10,13,15,20-21,23-25,34,36-37H,2-5,8-9,11H2,1H3/t15-,20+,21+,23+,24-,25-/m0/s1. The third-order valence-corrected chi connectivity index (χ3v) is 7.75. The van der Waals surface area contributed by atoms with Gasteiger partial charge in [-0.1, -0.05) is 10.4 Å². The Morgan fingerprint density at radius 2 is 1.77 bits per heavy atom. The fourth-order valence-electron chi connectivity index (χ4n) is 5.55. The summed E-state index contributed by atoms with van der Waals surface area (Å²) in [6.45, 7) is 2.32. The van der Waals surface area contributed by atoms with Gasteiger partial charge in [-0.3, -0.25) is 4.79 Å². The van der Waals surface area contributed by atoms with Gasteiger partial charge in [0.2, 0.25) is 5.91 Å². The molecule has 0 unspecified atom stereocenters. The molecule has 1 aromatic heterocycles. The zero-order valence-corrected chi connectivity index (χ0v) is 21.2. The van der Waals surface area contributed by atoms with Crippen molar-refractivity contribution in [3.05, 3.63) is 35.8 Å². The van der Waals surface area contributed by atoms with E-state index in [1.165, 1.54) is 6.20 Å². The molecule has 212 valence electrons. The summed E-state index contributed by atoms with van der Waals surface area (Å²) in [4.78, 5) is 19.0. The van der Waals surface area contributed by atoms with Crippen LogP contribution >= 0.6 is 0 Å². The van der Waals surface area contributed by atoms with Gasteiger partial charge in [-0.2, -0.15) is 0 Å². The molecular formula is C25H30F3N5O6. The summed E-state index contributed by atoms with van der Waals surface area (Å²) in [7, 11) is 0. The van der Waals surface area contributed by atoms with E-state index in [-0.39, 0.29) is 29.5 Å². The van der Waals surface area contributed by atoms with Crippen LogP contribution in [-0.2, 0) is 14.4 Å². The minimum absolute atomic E-state index is 0.0104. The number of hydrogen-bond acceptors (Lipinski definition) is 9. The largest absolute Gasteiger partial charge is 0.394 e. The number of likely N-dealkylation sites (tertiary alicyclic amines) is 1. The molecule has 39 heavy (non-hydrogen) atoms. The maximum atomic E-state index is 13.7. The molecule has 2 fully saturated rings. The molecule has 0 saturated carbocycles. The molecule has 6 atom stereocenters.